The number of hydrogen-bond acceptors (Lipinski definition) is 4. The minimum atomic E-state index is -1.10. The van der Waals surface area contributed by atoms with Crippen molar-refractivity contribution in [1.29, 1.82) is 0 Å². The van der Waals surface area contributed by atoms with Gasteiger partial charge in [-0.1, -0.05) is 17.8 Å². The summed E-state index contributed by atoms with van der Waals surface area (Å²) in [5.74, 6) is 0. The van der Waals surface area contributed by atoms with Crippen LogP contribution in [0, 0.1) is 0 Å². The fourth-order valence-electron chi connectivity index (χ4n) is 0.404. The molecule has 1 aromatic rings. The maximum absolute atomic E-state index is 9.93. The number of carbonyl (C=O) groups is 1. The second-order valence-corrected chi connectivity index (χ2v) is 3.47. The van der Waals surface area contributed by atoms with Gasteiger partial charge in [-0.25, -0.2) is 0 Å². The first-order chi connectivity index (χ1) is 4.29. The molecule has 0 aliphatic carbocycles. The largest absolute Gasteiger partial charge is 1.00 e. The number of rotatable bonds is 1. The van der Waals surface area contributed by atoms with Crippen LogP contribution in [0.25, 0.3) is 0 Å². The van der Waals surface area contributed by atoms with Crippen LogP contribution < -0.4 is 34.7 Å². The Bertz CT molecular complexity index is 197. The molecule has 0 saturated heterocycles. The smallest absolute Gasteiger partial charge is 0.538 e. The van der Waals surface area contributed by atoms with Gasteiger partial charge in [0.25, 0.3) is 0 Å². The van der Waals surface area contributed by atoms with Crippen LogP contribution >= 0.6 is 23.1 Å². The van der Waals surface area contributed by atoms with E-state index in [0.717, 1.165) is 16.0 Å². The van der Waals surface area contributed by atoms with E-state index < -0.39 is 5.30 Å². The fourth-order valence-corrected chi connectivity index (χ4v) is 1.73. The predicted octanol–water partition coefficient (Wildman–Crippen LogP) is -1.81. The van der Waals surface area contributed by atoms with Gasteiger partial charge in [-0.2, -0.15) is 0 Å². The van der Waals surface area contributed by atoms with E-state index in [-0.39, 0.29) is 29.6 Å². The Hall–Kier alpha value is 0.520. The Morgan fingerprint density at radius 1 is 1.70 bits per heavy atom. The van der Waals surface area contributed by atoms with E-state index in [4.69, 9.17) is 0 Å². The zero-order valence-corrected chi connectivity index (χ0v) is 9.00. The van der Waals surface area contributed by atoms with Gasteiger partial charge in [-0.15, -0.1) is 11.3 Å². The average molecular weight is 182 g/mol. The van der Waals surface area contributed by atoms with Crippen LogP contribution in [0.15, 0.2) is 21.7 Å². The predicted molar refractivity (Wildman–Crippen MR) is 35.6 cm³/mol. The second-order valence-electron chi connectivity index (χ2n) is 1.28. The molecule has 2 nitrogen and oxygen atoms in total. The molecular formula is C5H3NaO2S2. The van der Waals surface area contributed by atoms with Crippen molar-refractivity contribution in [2.45, 2.75) is 4.21 Å². The first-order valence-electron chi connectivity index (χ1n) is 2.21. The summed E-state index contributed by atoms with van der Waals surface area (Å²) in [5.41, 5.74) is 0. The molecule has 0 unspecified atom stereocenters. The van der Waals surface area contributed by atoms with Crippen LogP contribution in [0.4, 0.5) is 4.79 Å². The number of carbonyl (C=O) groups excluding carboxylic acids is 1. The van der Waals surface area contributed by atoms with Gasteiger partial charge in [0, 0.05) is 0 Å². The van der Waals surface area contributed by atoms with Crippen LogP contribution in [0.1, 0.15) is 0 Å². The van der Waals surface area contributed by atoms with Gasteiger partial charge >= 0.3 is 29.6 Å². The van der Waals surface area contributed by atoms with Crippen LogP contribution in [0.5, 0.6) is 0 Å². The minimum absolute atomic E-state index is 0. The van der Waals surface area contributed by atoms with Crippen molar-refractivity contribution < 1.29 is 39.5 Å². The van der Waals surface area contributed by atoms with Crippen LogP contribution in [-0.2, 0) is 0 Å². The van der Waals surface area contributed by atoms with E-state index in [0.29, 0.717) is 0 Å². The van der Waals surface area contributed by atoms with E-state index in [1.54, 1.807) is 12.1 Å². The molecule has 0 aliphatic heterocycles. The van der Waals surface area contributed by atoms with Gasteiger partial charge in [0.15, 0.2) is 0 Å². The number of thiophene rings is 1. The summed E-state index contributed by atoms with van der Waals surface area (Å²) in [4.78, 5) is 9.93. The van der Waals surface area contributed by atoms with Gasteiger partial charge in [-0.05, 0) is 11.4 Å². The van der Waals surface area contributed by atoms with Crippen molar-refractivity contribution in [2.75, 3.05) is 0 Å². The van der Waals surface area contributed by atoms with Crippen LogP contribution in [-0.4, -0.2) is 5.30 Å². The third kappa shape index (κ3) is 3.63. The fraction of sp³-hybridized carbons (Fsp3) is 0. The molecule has 0 atom stereocenters. The van der Waals surface area contributed by atoms with E-state index in [1.165, 1.54) is 11.3 Å². The second kappa shape index (κ2) is 5.21. The summed E-state index contributed by atoms with van der Waals surface area (Å²) in [6, 6.07) is 3.54. The molecule has 0 saturated carbocycles. The Balaban J connectivity index is 0.000000810. The topological polar surface area (TPSA) is 40.1 Å². The first kappa shape index (κ1) is 10.5. The Morgan fingerprint density at radius 2 is 2.40 bits per heavy atom. The first-order valence-corrected chi connectivity index (χ1v) is 3.91. The van der Waals surface area contributed by atoms with Gasteiger partial charge in [0.05, 0.1) is 4.21 Å². The molecule has 0 bridgehead atoms. The molecule has 1 heterocycles. The van der Waals surface area contributed by atoms with Crippen LogP contribution in [0.3, 0.4) is 0 Å². The molecule has 1 rings (SSSR count). The van der Waals surface area contributed by atoms with Crippen LogP contribution in [0.2, 0.25) is 0 Å². The Morgan fingerprint density at radius 3 is 2.80 bits per heavy atom. The van der Waals surface area contributed by atoms with Gasteiger partial charge in [0.2, 0.25) is 0 Å². The Labute approximate surface area is 88.9 Å². The number of hydrogen-bond donors (Lipinski definition) is 0. The van der Waals surface area contributed by atoms with Crippen molar-refractivity contribution in [2.24, 2.45) is 0 Å². The SMILES string of the molecule is O=C([O-])Sc1cccs1.[Na+]. The molecule has 0 radical (unpaired) electrons. The normalized spacial score (nSPS) is 8.40. The van der Waals surface area contributed by atoms with Gasteiger partial charge in [-0.3, -0.25) is 0 Å². The van der Waals surface area contributed by atoms with E-state index in [1.807, 2.05) is 5.38 Å². The standard InChI is InChI=1S/C5H4O2S2.Na/c6-5(7)9-4-2-1-3-8-4;/h1-3H,(H,6,7);/q;+1/p-1. The summed E-state index contributed by atoms with van der Waals surface area (Å²) < 4.78 is 0.759. The summed E-state index contributed by atoms with van der Waals surface area (Å²) in [6.45, 7) is 0. The monoisotopic (exact) mass is 182 g/mol. The molecule has 0 N–H and O–H groups in total. The average Bonchev–Trinajstić information content (AvgIpc) is 2.15. The third-order valence-corrected chi connectivity index (χ3v) is 2.38. The summed E-state index contributed by atoms with van der Waals surface area (Å²) in [5, 5.41) is 10.7. The van der Waals surface area contributed by atoms with Crippen molar-refractivity contribution >= 4 is 28.4 Å². The molecule has 48 valence electrons. The maximum Gasteiger partial charge on any atom is 1.00 e. The van der Waals surface area contributed by atoms with E-state index in [9.17, 15) is 9.90 Å². The van der Waals surface area contributed by atoms with Gasteiger partial charge < -0.3 is 9.90 Å². The minimum Gasteiger partial charge on any atom is -0.538 e. The van der Waals surface area contributed by atoms with Gasteiger partial charge in [0.1, 0.15) is 5.30 Å². The maximum atomic E-state index is 9.93. The molecular weight excluding hydrogens is 179 g/mol. The summed E-state index contributed by atoms with van der Waals surface area (Å²) >= 11 is 2.12. The quantitative estimate of drug-likeness (QED) is 0.379. The molecule has 0 fully saturated rings. The number of carboxylic acid groups (broad SMARTS) is 1. The zero-order valence-electron chi connectivity index (χ0n) is 5.37. The molecule has 0 spiro atoms. The Kier molecular flexibility index (Phi) is 5.48. The van der Waals surface area contributed by atoms with Crippen molar-refractivity contribution in [1.82, 2.24) is 0 Å². The van der Waals surface area contributed by atoms with Crippen molar-refractivity contribution in [3.8, 4) is 0 Å². The molecule has 0 aromatic carbocycles. The van der Waals surface area contributed by atoms with E-state index in [2.05, 4.69) is 0 Å². The molecule has 10 heavy (non-hydrogen) atoms. The zero-order chi connectivity index (χ0) is 6.69. The summed E-state index contributed by atoms with van der Waals surface area (Å²) in [7, 11) is 0. The molecule has 1 aromatic heterocycles. The number of thioether (sulfide) groups is 1. The van der Waals surface area contributed by atoms with Crippen molar-refractivity contribution in [3.63, 3.8) is 0 Å². The molecule has 0 amide bonds. The van der Waals surface area contributed by atoms with E-state index >= 15 is 0 Å². The third-order valence-electron chi connectivity index (χ3n) is 0.679. The summed E-state index contributed by atoms with van der Waals surface area (Å²) in [6.07, 6.45) is 0. The molecule has 0 aliphatic rings. The molecule has 5 heteroatoms. The van der Waals surface area contributed by atoms with Crippen molar-refractivity contribution in [3.05, 3.63) is 17.5 Å².